The summed E-state index contributed by atoms with van der Waals surface area (Å²) in [6.07, 6.45) is 1.47. The predicted octanol–water partition coefficient (Wildman–Crippen LogP) is 6.27. The quantitative estimate of drug-likeness (QED) is 0.0798. The maximum atomic E-state index is 14.1. The number of imide groups is 1. The van der Waals surface area contributed by atoms with Crippen LogP contribution in [0, 0.1) is 5.92 Å². The molecule has 2 aromatic carbocycles. The van der Waals surface area contributed by atoms with Crippen molar-refractivity contribution in [1.29, 1.82) is 0 Å². The average molecular weight is 664 g/mol. The van der Waals surface area contributed by atoms with Gasteiger partial charge < -0.3 is 19.3 Å². The number of aliphatic hydroxyl groups excluding tert-OH is 1. The number of allylic oxidation sites excluding steroid dienone is 1. The number of nitrogens with zero attached hydrogens (tertiary/aromatic N) is 1. The van der Waals surface area contributed by atoms with Gasteiger partial charge in [0.25, 0.3) is 5.91 Å². The minimum atomic E-state index is -0.981. The van der Waals surface area contributed by atoms with Gasteiger partial charge in [-0.3, -0.25) is 19.2 Å². The van der Waals surface area contributed by atoms with Crippen LogP contribution in [0.3, 0.4) is 0 Å². The van der Waals surface area contributed by atoms with Crippen molar-refractivity contribution in [3.63, 3.8) is 0 Å². The molecule has 2 amide bonds. The van der Waals surface area contributed by atoms with E-state index in [1.54, 1.807) is 44.2 Å². The summed E-state index contributed by atoms with van der Waals surface area (Å²) >= 11 is 0. The fraction of sp³-hybridized carbons (Fsp3) is 0.500. The van der Waals surface area contributed by atoms with Crippen LogP contribution in [0.2, 0.25) is 0 Å². The van der Waals surface area contributed by atoms with Crippen molar-refractivity contribution in [2.24, 2.45) is 5.92 Å². The number of aliphatic hydroxyl groups is 1. The van der Waals surface area contributed by atoms with Gasteiger partial charge in [0.15, 0.2) is 11.5 Å². The third-order valence-corrected chi connectivity index (χ3v) is 8.29. The van der Waals surface area contributed by atoms with Crippen molar-refractivity contribution in [2.45, 2.75) is 110 Å². The molecule has 10 heteroatoms. The average Bonchev–Trinajstić information content (AvgIpc) is 3.31. The zero-order valence-electron chi connectivity index (χ0n) is 28.7. The maximum absolute atomic E-state index is 14.1. The van der Waals surface area contributed by atoms with E-state index in [0.717, 1.165) is 30.2 Å². The molecule has 0 spiro atoms. The number of hydrogen-bond acceptors (Lipinski definition) is 9. The molecule has 3 rings (SSSR count). The lowest BCUT2D eigenvalue weighted by Gasteiger charge is -2.31. The number of rotatable bonds is 19. The monoisotopic (exact) mass is 663 g/mol. The largest absolute Gasteiger partial charge is 0.441 e. The fourth-order valence-corrected chi connectivity index (χ4v) is 6.08. The summed E-state index contributed by atoms with van der Waals surface area (Å²) < 4.78 is 16.7. The van der Waals surface area contributed by atoms with Crippen molar-refractivity contribution in [3.05, 3.63) is 83.1 Å². The van der Waals surface area contributed by atoms with Crippen molar-refractivity contribution in [1.82, 2.24) is 4.90 Å². The molecule has 1 fully saturated rings. The molecule has 48 heavy (non-hydrogen) atoms. The van der Waals surface area contributed by atoms with Crippen LogP contribution in [0.15, 0.2) is 72.0 Å². The molecule has 1 aliphatic heterocycles. The third-order valence-electron chi connectivity index (χ3n) is 8.29. The Hall–Kier alpha value is -4.15. The van der Waals surface area contributed by atoms with Gasteiger partial charge in [0, 0.05) is 32.6 Å². The van der Waals surface area contributed by atoms with Crippen LogP contribution in [0.5, 0.6) is 0 Å². The van der Waals surface area contributed by atoms with Crippen LogP contribution >= 0.6 is 0 Å². The summed E-state index contributed by atoms with van der Waals surface area (Å²) in [5.41, 5.74) is 0.560. The van der Waals surface area contributed by atoms with Gasteiger partial charge in [-0.2, -0.15) is 0 Å². The molecule has 0 saturated carbocycles. The fourth-order valence-electron chi connectivity index (χ4n) is 6.08. The van der Waals surface area contributed by atoms with Crippen molar-refractivity contribution in [3.8, 4) is 0 Å². The number of benzene rings is 2. The normalized spacial score (nSPS) is 16.7. The van der Waals surface area contributed by atoms with Gasteiger partial charge in [-0.25, -0.2) is 9.69 Å². The number of ketones is 2. The van der Waals surface area contributed by atoms with Gasteiger partial charge in [0.1, 0.15) is 11.4 Å². The number of unbranched alkanes of at least 4 members (excludes halogenated alkanes) is 2. The van der Waals surface area contributed by atoms with Crippen LogP contribution in [0.4, 0.5) is 4.79 Å². The van der Waals surface area contributed by atoms with Crippen LogP contribution < -0.4 is 0 Å². The first kappa shape index (κ1) is 38.3. The summed E-state index contributed by atoms with van der Waals surface area (Å²) in [6, 6.07) is 18.0. The van der Waals surface area contributed by atoms with Gasteiger partial charge in [-0.15, -0.1) is 0 Å². The van der Waals surface area contributed by atoms with E-state index >= 15 is 0 Å². The van der Waals surface area contributed by atoms with Gasteiger partial charge in [-0.05, 0) is 43.7 Å². The molecule has 2 aromatic rings. The van der Waals surface area contributed by atoms with E-state index in [0.29, 0.717) is 25.0 Å². The zero-order chi connectivity index (χ0) is 35.3. The smallest absolute Gasteiger partial charge is 0.417 e. The number of ether oxygens (including phenoxy) is 3. The Morgan fingerprint density at radius 2 is 1.52 bits per heavy atom. The summed E-state index contributed by atoms with van der Waals surface area (Å²) in [7, 11) is 0. The molecular weight excluding hydrogens is 614 g/mol. The maximum Gasteiger partial charge on any atom is 0.417 e. The number of cyclic esters (lactones) is 1. The van der Waals surface area contributed by atoms with E-state index in [4.69, 9.17) is 14.2 Å². The first-order chi connectivity index (χ1) is 22.8. The molecule has 260 valence electrons. The van der Waals surface area contributed by atoms with Gasteiger partial charge in [0.2, 0.25) is 0 Å². The first-order valence-electron chi connectivity index (χ1n) is 16.7. The van der Waals surface area contributed by atoms with E-state index in [-0.39, 0.29) is 55.7 Å². The summed E-state index contributed by atoms with van der Waals surface area (Å²) in [5.74, 6) is -3.03. The molecule has 1 N–H and O–H groups in total. The predicted molar refractivity (Wildman–Crippen MR) is 179 cm³/mol. The molecule has 10 nitrogen and oxygen atoms in total. The summed E-state index contributed by atoms with van der Waals surface area (Å²) in [6.45, 7) is 8.62. The van der Waals surface area contributed by atoms with Crippen LogP contribution in [0.1, 0.15) is 90.7 Å². The number of esters is 1. The molecule has 1 aliphatic rings. The number of Topliss-reactive ketones (excluding diaryl/α,β-unsaturated/α-hetero) is 2. The molecular formula is C38H49NO9. The molecule has 2 atom stereocenters. The Kier molecular flexibility index (Phi) is 14.7. The second kappa shape index (κ2) is 18.4. The molecule has 0 aliphatic carbocycles. The topological polar surface area (TPSA) is 137 Å². The molecule has 0 radical (unpaired) electrons. The summed E-state index contributed by atoms with van der Waals surface area (Å²) in [4.78, 5) is 66.8. The molecule has 0 bridgehead atoms. The summed E-state index contributed by atoms with van der Waals surface area (Å²) in [5, 5.41) is 9.67. The van der Waals surface area contributed by atoms with Gasteiger partial charge in [-0.1, -0.05) is 87.4 Å². The lowest BCUT2D eigenvalue weighted by molar-refractivity contribution is -0.140. The number of amides is 2. The highest BCUT2D eigenvalue weighted by molar-refractivity contribution is 6.10. The minimum Gasteiger partial charge on any atom is -0.441 e. The zero-order valence-corrected chi connectivity index (χ0v) is 28.7. The second-order valence-electron chi connectivity index (χ2n) is 13.1. The van der Waals surface area contributed by atoms with E-state index in [2.05, 4.69) is 0 Å². The van der Waals surface area contributed by atoms with Crippen molar-refractivity contribution in [2.75, 3.05) is 6.61 Å². The van der Waals surface area contributed by atoms with E-state index in [1.807, 2.05) is 44.2 Å². The van der Waals surface area contributed by atoms with E-state index in [9.17, 15) is 29.1 Å². The number of carbonyl (C=O) groups excluding carboxylic acids is 5. The Balaban J connectivity index is 1.67. The van der Waals surface area contributed by atoms with E-state index in [1.165, 1.54) is 0 Å². The highest BCUT2D eigenvalue weighted by atomic mass is 16.6. The standard InChI is InChI=1S/C38H49NO9/c1-26(2)35-38(4,5)48-37(45)39(35)36(44)32(23-28-15-9-6-10-16-28)34(47-27(3)41)33(43)22-21-30(42)19-13-8-14-20-31(24-40)46-25-29-17-11-7-12-18-29/h6-7,9-12,15-18,26,31,35,40H,8,13-14,19-25H2,1-5H3/t31-,35?/m0/s1. The highest BCUT2D eigenvalue weighted by Gasteiger charge is 2.52. The Morgan fingerprint density at radius 1 is 0.896 bits per heavy atom. The van der Waals surface area contributed by atoms with Crippen LogP contribution in [-0.2, 0) is 46.4 Å². The van der Waals surface area contributed by atoms with Crippen LogP contribution in [-0.4, -0.2) is 63.9 Å². The van der Waals surface area contributed by atoms with Crippen molar-refractivity contribution < 1.29 is 43.3 Å². The second-order valence-corrected chi connectivity index (χ2v) is 13.1. The molecule has 1 unspecified atom stereocenters. The third kappa shape index (κ3) is 11.2. The Labute approximate surface area is 283 Å². The lowest BCUT2D eigenvalue weighted by Crippen LogP contribution is -2.49. The highest BCUT2D eigenvalue weighted by Crippen LogP contribution is 2.36. The number of carbonyl (C=O) groups is 5. The molecule has 1 heterocycles. The Bertz CT molecular complexity index is 1430. The van der Waals surface area contributed by atoms with Crippen molar-refractivity contribution >= 4 is 29.5 Å². The minimum absolute atomic E-state index is 0.0824. The number of hydrogen-bond donors (Lipinski definition) is 1. The van der Waals surface area contributed by atoms with Crippen LogP contribution in [0.25, 0.3) is 0 Å². The SMILES string of the molecule is CC(=O)OC(C(=O)CCC(=O)CCCCC[C@@H](CO)OCc1ccccc1)=C(Cc1ccccc1)C(=O)N1C(=O)OC(C)(C)C1C(C)C. The first-order valence-corrected chi connectivity index (χ1v) is 16.7. The lowest BCUT2D eigenvalue weighted by atomic mass is 9.88. The van der Waals surface area contributed by atoms with E-state index < -0.39 is 41.2 Å². The van der Waals surface area contributed by atoms with Gasteiger partial charge >= 0.3 is 12.1 Å². The van der Waals surface area contributed by atoms with Gasteiger partial charge in [0.05, 0.1) is 30.9 Å². The molecule has 0 aromatic heterocycles. The molecule has 1 saturated heterocycles. The Morgan fingerprint density at radius 3 is 2.10 bits per heavy atom.